The van der Waals surface area contributed by atoms with Crippen LogP contribution in [-0.4, -0.2) is 12.6 Å². The van der Waals surface area contributed by atoms with Crippen LogP contribution in [0.3, 0.4) is 0 Å². The first kappa shape index (κ1) is 6.33. The molecule has 0 saturated carbocycles. The summed E-state index contributed by atoms with van der Waals surface area (Å²) < 4.78 is 4.76. The van der Waals surface area contributed by atoms with Crippen LogP contribution in [0, 0.1) is 5.92 Å². The second-order valence-electron chi connectivity index (χ2n) is 2.24. The molecule has 2 heteroatoms. The molecule has 1 atom stereocenters. The Labute approximate surface area is 54.5 Å². The van der Waals surface area contributed by atoms with Crippen molar-refractivity contribution in [2.24, 2.45) is 5.92 Å². The molecule has 0 N–H and O–H groups in total. The number of ether oxygens (including phenoxy) is 1. The van der Waals surface area contributed by atoms with Crippen molar-refractivity contribution in [3.05, 3.63) is 11.6 Å². The zero-order valence-corrected chi connectivity index (χ0v) is 5.68. The minimum Gasteiger partial charge on any atom is -0.462 e. The van der Waals surface area contributed by atoms with Crippen LogP contribution in [0.1, 0.15) is 13.8 Å². The molecule has 0 spiro atoms. The van der Waals surface area contributed by atoms with E-state index in [1.807, 2.05) is 19.9 Å². The first-order valence-corrected chi connectivity index (χ1v) is 3.09. The molecule has 1 aliphatic heterocycles. The number of hydrogen-bond donors (Lipinski definition) is 0. The number of hydrogen-bond acceptors (Lipinski definition) is 2. The van der Waals surface area contributed by atoms with E-state index in [9.17, 15) is 4.79 Å². The zero-order chi connectivity index (χ0) is 6.85. The van der Waals surface area contributed by atoms with Crippen molar-refractivity contribution >= 4 is 5.97 Å². The van der Waals surface area contributed by atoms with Gasteiger partial charge in [-0.25, -0.2) is 4.79 Å². The van der Waals surface area contributed by atoms with Gasteiger partial charge >= 0.3 is 5.97 Å². The van der Waals surface area contributed by atoms with Gasteiger partial charge in [0.2, 0.25) is 0 Å². The van der Waals surface area contributed by atoms with Gasteiger partial charge < -0.3 is 4.74 Å². The molecule has 9 heavy (non-hydrogen) atoms. The Morgan fingerprint density at radius 2 is 2.44 bits per heavy atom. The van der Waals surface area contributed by atoms with Crippen LogP contribution in [0.4, 0.5) is 0 Å². The molecule has 1 rings (SSSR count). The Morgan fingerprint density at radius 3 is 2.67 bits per heavy atom. The van der Waals surface area contributed by atoms with E-state index in [0.717, 1.165) is 5.57 Å². The lowest BCUT2D eigenvalue weighted by Crippen LogP contribution is -1.97. The molecule has 0 bridgehead atoms. The van der Waals surface area contributed by atoms with Crippen LogP contribution in [0.5, 0.6) is 0 Å². The summed E-state index contributed by atoms with van der Waals surface area (Å²) in [6.07, 6.45) is 1.82. The third-order valence-corrected chi connectivity index (χ3v) is 1.54. The summed E-state index contributed by atoms with van der Waals surface area (Å²) in [7, 11) is 0. The van der Waals surface area contributed by atoms with Crippen LogP contribution in [0.15, 0.2) is 11.6 Å². The van der Waals surface area contributed by atoms with Crippen molar-refractivity contribution in [1.29, 1.82) is 0 Å². The van der Waals surface area contributed by atoms with E-state index in [-0.39, 0.29) is 5.97 Å². The average Bonchev–Trinajstić information content (AvgIpc) is 2.12. The Bertz CT molecular complexity index is 158. The van der Waals surface area contributed by atoms with Crippen LogP contribution in [0.25, 0.3) is 0 Å². The lowest BCUT2D eigenvalue weighted by Gasteiger charge is -1.93. The molecule has 0 aliphatic carbocycles. The largest absolute Gasteiger partial charge is 0.462 e. The molecular formula is C7H10O2. The Kier molecular flexibility index (Phi) is 1.56. The molecule has 1 saturated heterocycles. The summed E-state index contributed by atoms with van der Waals surface area (Å²) in [5.41, 5.74) is 0.815. The quantitative estimate of drug-likeness (QED) is 0.359. The van der Waals surface area contributed by atoms with Crippen molar-refractivity contribution < 1.29 is 9.53 Å². The zero-order valence-electron chi connectivity index (χ0n) is 5.68. The maximum Gasteiger partial charge on any atom is 0.334 e. The highest BCUT2D eigenvalue weighted by molar-refractivity contribution is 5.90. The first-order chi connectivity index (χ1) is 4.25. The molecule has 50 valence electrons. The topological polar surface area (TPSA) is 26.3 Å². The Morgan fingerprint density at radius 1 is 1.78 bits per heavy atom. The smallest absolute Gasteiger partial charge is 0.334 e. The molecular weight excluding hydrogens is 116 g/mol. The highest BCUT2D eigenvalue weighted by Gasteiger charge is 2.25. The van der Waals surface area contributed by atoms with Crippen LogP contribution >= 0.6 is 0 Å². The summed E-state index contributed by atoms with van der Waals surface area (Å²) in [6.45, 7) is 4.40. The number of cyclic esters (lactones) is 1. The van der Waals surface area contributed by atoms with Gasteiger partial charge in [0, 0.05) is 11.5 Å². The Balaban J connectivity index is 2.78. The molecule has 0 aromatic heterocycles. The summed E-state index contributed by atoms with van der Waals surface area (Å²) >= 11 is 0. The lowest BCUT2D eigenvalue weighted by molar-refractivity contribution is -0.135. The fourth-order valence-electron chi connectivity index (χ4n) is 0.977. The van der Waals surface area contributed by atoms with Gasteiger partial charge in [0.1, 0.15) is 0 Å². The Hall–Kier alpha value is -0.790. The molecule has 0 aromatic carbocycles. The summed E-state index contributed by atoms with van der Waals surface area (Å²) in [5.74, 6) is 0.146. The number of rotatable bonds is 0. The highest BCUT2D eigenvalue weighted by Crippen LogP contribution is 2.19. The maximum atomic E-state index is 10.7. The molecule has 0 aromatic rings. The standard InChI is InChI=1S/C7H10O2/c1-3-6-5(2)4-9-7(6)8/h3,5H,4H2,1-2H3. The van der Waals surface area contributed by atoms with Gasteiger partial charge in [0.15, 0.2) is 0 Å². The molecule has 0 amide bonds. The molecule has 1 fully saturated rings. The predicted octanol–water partition coefficient (Wildman–Crippen LogP) is 1.13. The third-order valence-electron chi connectivity index (χ3n) is 1.54. The number of allylic oxidation sites excluding steroid dienone is 1. The summed E-state index contributed by atoms with van der Waals surface area (Å²) in [6, 6.07) is 0. The average molecular weight is 126 g/mol. The normalized spacial score (nSPS) is 31.1. The van der Waals surface area contributed by atoms with Crippen molar-refractivity contribution in [2.75, 3.05) is 6.61 Å². The second-order valence-corrected chi connectivity index (χ2v) is 2.24. The van der Waals surface area contributed by atoms with E-state index in [1.54, 1.807) is 0 Å². The predicted molar refractivity (Wildman–Crippen MR) is 33.9 cm³/mol. The van der Waals surface area contributed by atoms with Crippen molar-refractivity contribution in [3.63, 3.8) is 0 Å². The second kappa shape index (κ2) is 2.21. The van der Waals surface area contributed by atoms with E-state index < -0.39 is 0 Å². The van der Waals surface area contributed by atoms with Crippen molar-refractivity contribution in [2.45, 2.75) is 13.8 Å². The third kappa shape index (κ3) is 0.969. The van der Waals surface area contributed by atoms with Gasteiger partial charge in [-0.1, -0.05) is 13.0 Å². The monoisotopic (exact) mass is 126 g/mol. The lowest BCUT2D eigenvalue weighted by atomic mass is 10.1. The molecule has 1 unspecified atom stereocenters. The van der Waals surface area contributed by atoms with Gasteiger partial charge in [-0.15, -0.1) is 0 Å². The fourth-order valence-corrected chi connectivity index (χ4v) is 0.977. The van der Waals surface area contributed by atoms with Crippen molar-refractivity contribution in [3.8, 4) is 0 Å². The van der Waals surface area contributed by atoms with Crippen molar-refractivity contribution in [1.82, 2.24) is 0 Å². The highest BCUT2D eigenvalue weighted by atomic mass is 16.5. The first-order valence-electron chi connectivity index (χ1n) is 3.09. The molecule has 2 nitrogen and oxygen atoms in total. The molecule has 1 aliphatic rings. The van der Waals surface area contributed by atoms with E-state index in [1.165, 1.54) is 0 Å². The van der Waals surface area contributed by atoms with Gasteiger partial charge in [-0.2, -0.15) is 0 Å². The SMILES string of the molecule is CC=C1C(=O)OCC1C. The van der Waals surface area contributed by atoms with Gasteiger partial charge in [-0.05, 0) is 6.92 Å². The van der Waals surface area contributed by atoms with Crippen LogP contribution < -0.4 is 0 Å². The number of carbonyl (C=O) groups is 1. The fraction of sp³-hybridized carbons (Fsp3) is 0.571. The minimum atomic E-state index is -0.148. The van der Waals surface area contributed by atoms with Gasteiger partial charge in [0.05, 0.1) is 6.61 Å². The van der Waals surface area contributed by atoms with Crippen LogP contribution in [0.2, 0.25) is 0 Å². The number of esters is 1. The maximum absolute atomic E-state index is 10.7. The number of carbonyl (C=O) groups excluding carboxylic acids is 1. The van der Waals surface area contributed by atoms with E-state index in [2.05, 4.69) is 0 Å². The van der Waals surface area contributed by atoms with Gasteiger partial charge in [0.25, 0.3) is 0 Å². The van der Waals surface area contributed by atoms with Crippen LogP contribution in [-0.2, 0) is 9.53 Å². The molecule has 1 heterocycles. The summed E-state index contributed by atoms with van der Waals surface area (Å²) in [4.78, 5) is 10.7. The minimum absolute atomic E-state index is 0.148. The summed E-state index contributed by atoms with van der Waals surface area (Å²) in [5, 5.41) is 0. The van der Waals surface area contributed by atoms with Gasteiger partial charge in [-0.3, -0.25) is 0 Å². The molecule has 0 radical (unpaired) electrons. The van der Waals surface area contributed by atoms with E-state index in [4.69, 9.17) is 4.74 Å². The van der Waals surface area contributed by atoms with E-state index in [0.29, 0.717) is 12.5 Å². The van der Waals surface area contributed by atoms with E-state index >= 15 is 0 Å².